The summed E-state index contributed by atoms with van der Waals surface area (Å²) in [6.07, 6.45) is 0. The van der Waals surface area contributed by atoms with Gasteiger partial charge in [0.25, 0.3) is 0 Å². The molecule has 1 aliphatic carbocycles. The van der Waals surface area contributed by atoms with Gasteiger partial charge in [0, 0.05) is 11.6 Å². The van der Waals surface area contributed by atoms with E-state index in [1.165, 1.54) is 0 Å². The van der Waals surface area contributed by atoms with Crippen LogP contribution in [0.15, 0.2) is 6.07 Å². The summed E-state index contributed by atoms with van der Waals surface area (Å²) in [5.41, 5.74) is -0.960. The molecule has 0 heterocycles. The van der Waals surface area contributed by atoms with Crippen molar-refractivity contribution in [3.63, 3.8) is 0 Å². The molecular weight excluding hydrogens is 305 g/mol. The van der Waals surface area contributed by atoms with E-state index < -0.39 is 40.6 Å². The first-order chi connectivity index (χ1) is 9.51. The molecule has 0 radical (unpaired) electrons. The fourth-order valence-electron chi connectivity index (χ4n) is 2.76. The van der Waals surface area contributed by atoms with Crippen LogP contribution in [0.3, 0.4) is 0 Å². The second kappa shape index (κ2) is 4.90. The molecule has 0 unspecified atom stereocenters. The van der Waals surface area contributed by atoms with Crippen LogP contribution >= 0.6 is 11.6 Å². The van der Waals surface area contributed by atoms with Crippen LogP contribution in [0, 0.1) is 34.2 Å². The van der Waals surface area contributed by atoms with Crippen molar-refractivity contribution in [1.29, 1.82) is 0 Å². The summed E-state index contributed by atoms with van der Waals surface area (Å²) in [7, 11) is 0. The highest BCUT2D eigenvalue weighted by Crippen LogP contribution is 2.68. The van der Waals surface area contributed by atoms with E-state index in [-0.39, 0.29) is 16.7 Å². The van der Waals surface area contributed by atoms with Gasteiger partial charge in [0.2, 0.25) is 0 Å². The molecule has 1 aromatic rings. The summed E-state index contributed by atoms with van der Waals surface area (Å²) in [6.45, 7) is 7.10. The van der Waals surface area contributed by atoms with Gasteiger partial charge in [0.05, 0.1) is 10.9 Å². The van der Waals surface area contributed by atoms with Gasteiger partial charge in [0.1, 0.15) is 12.4 Å². The molecule has 0 saturated heterocycles. The van der Waals surface area contributed by atoms with Gasteiger partial charge in [-0.25, -0.2) is 13.2 Å². The lowest BCUT2D eigenvalue weighted by Crippen LogP contribution is -2.13. The van der Waals surface area contributed by atoms with E-state index in [2.05, 4.69) is 0 Å². The second-order valence-corrected chi connectivity index (χ2v) is 6.81. The van der Waals surface area contributed by atoms with E-state index in [9.17, 15) is 18.0 Å². The van der Waals surface area contributed by atoms with Crippen molar-refractivity contribution in [2.45, 2.75) is 34.3 Å². The molecule has 0 aliphatic heterocycles. The first kappa shape index (κ1) is 16.1. The largest absolute Gasteiger partial charge is 0.460 e. The van der Waals surface area contributed by atoms with E-state index in [0.29, 0.717) is 6.07 Å². The minimum Gasteiger partial charge on any atom is -0.460 e. The van der Waals surface area contributed by atoms with Gasteiger partial charge in [0.15, 0.2) is 11.6 Å². The van der Waals surface area contributed by atoms with E-state index >= 15 is 0 Å². The second-order valence-electron chi connectivity index (χ2n) is 6.43. The summed E-state index contributed by atoms with van der Waals surface area (Å²) >= 11 is 5.59. The number of halogens is 4. The fourth-order valence-corrected chi connectivity index (χ4v) is 2.95. The van der Waals surface area contributed by atoms with Crippen LogP contribution in [0.25, 0.3) is 0 Å². The number of hydrogen-bond acceptors (Lipinski definition) is 2. The quantitative estimate of drug-likeness (QED) is 0.606. The van der Waals surface area contributed by atoms with Gasteiger partial charge in [-0.05, 0) is 10.8 Å². The summed E-state index contributed by atoms with van der Waals surface area (Å²) in [5, 5.41) is -0.573. The van der Waals surface area contributed by atoms with Crippen LogP contribution in [-0.4, -0.2) is 5.97 Å². The van der Waals surface area contributed by atoms with Crippen molar-refractivity contribution < 1.29 is 22.7 Å². The number of benzene rings is 1. The predicted octanol–water partition coefficient (Wildman–Crippen LogP) is 4.48. The standard InChI is InChI=1S/C15H16ClF3O2/c1-14(2)12(15(14,3)4)13(20)21-6-7-10(16)8(17)5-9(18)11(7)19/h5,12H,6H2,1-4H3. The molecule has 6 heteroatoms. The van der Waals surface area contributed by atoms with Crippen molar-refractivity contribution in [3.05, 3.63) is 34.1 Å². The average Bonchev–Trinajstić information content (AvgIpc) is 2.77. The maximum absolute atomic E-state index is 13.6. The zero-order valence-corrected chi connectivity index (χ0v) is 12.9. The van der Waals surface area contributed by atoms with Crippen molar-refractivity contribution >= 4 is 17.6 Å². The summed E-state index contributed by atoms with van der Waals surface area (Å²) in [4.78, 5) is 12.0. The van der Waals surface area contributed by atoms with Gasteiger partial charge in [-0.2, -0.15) is 0 Å². The maximum atomic E-state index is 13.6. The van der Waals surface area contributed by atoms with E-state index in [1.807, 2.05) is 27.7 Å². The lowest BCUT2D eigenvalue weighted by Gasteiger charge is -2.10. The number of esters is 1. The molecule has 1 fully saturated rings. The molecule has 1 saturated carbocycles. The van der Waals surface area contributed by atoms with Crippen LogP contribution in [0.2, 0.25) is 5.02 Å². The Morgan fingerprint density at radius 3 is 2.19 bits per heavy atom. The first-order valence-corrected chi connectivity index (χ1v) is 6.88. The Morgan fingerprint density at radius 2 is 1.71 bits per heavy atom. The third kappa shape index (κ3) is 2.41. The molecule has 0 bridgehead atoms. The Balaban J connectivity index is 2.14. The Hall–Kier alpha value is -1.23. The smallest absolute Gasteiger partial charge is 0.310 e. The highest BCUT2D eigenvalue weighted by atomic mass is 35.5. The highest BCUT2D eigenvalue weighted by molar-refractivity contribution is 6.31. The summed E-state index contributed by atoms with van der Waals surface area (Å²) in [5.74, 6) is -4.62. The molecule has 0 amide bonds. The minimum atomic E-state index is -1.37. The predicted molar refractivity (Wildman–Crippen MR) is 72.2 cm³/mol. The van der Waals surface area contributed by atoms with Crippen LogP contribution in [0.4, 0.5) is 13.2 Å². The Bertz CT molecular complexity index is 571. The van der Waals surface area contributed by atoms with Crippen molar-refractivity contribution in [1.82, 2.24) is 0 Å². The van der Waals surface area contributed by atoms with Crippen LogP contribution in [-0.2, 0) is 16.1 Å². The molecule has 0 spiro atoms. The third-order valence-corrected chi connectivity index (χ3v) is 5.23. The monoisotopic (exact) mass is 320 g/mol. The fraction of sp³-hybridized carbons (Fsp3) is 0.533. The third-order valence-electron chi connectivity index (χ3n) is 4.82. The molecule has 116 valence electrons. The molecule has 0 aromatic heterocycles. The molecule has 2 rings (SSSR count). The average molecular weight is 321 g/mol. The van der Waals surface area contributed by atoms with Crippen LogP contribution in [0.5, 0.6) is 0 Å². The Morgan fingerprint density at radius 1 is 1.19 bits per heavy atom. The molecular formula is C15H16ClF3O2. The minimum absolute atomic E-state index is 0.236. The normalized spacial score (nSPS) is 19.4. The number of carbonyl (C=O) groups excluding carboxylic acids is 1. The number of carbonyl (C=O) groups is 1. The highest BCUT2D eigenvalue weighted by Gasteiger charge is 2.69. The van der Waals surface area contributed by atoms with Crippen LogP contribution < -0.4 is 0 Å². The van der Waals surface area contributed by atoms with Gasteiger partial charge >= 0.3 is 5.97 Å². The first-order valence-electron chi connectivity index (χ1n) is 6.50. The van der Waals surface area contributed by atoms with Gasteiger partial charge < -0.3 is 4.74 Å². The molecule has 1 aliphatic rings. The number of ether oxygens (including phenoxy) is 1. The number of hydrogen-bond donors (Lipinski definition) is 0. The van der Waals surface area contributed by atoms with Gasteiger partial charge in [-0.15, -0.1) is 0 Å². The van der Waals surface area contributed by atoms with Gasteiger partial charge in [-0.1, -0.05) is 39.3 Å². The van der Waals surface area contributed by atoms with Crippen molar-refractivity contribution in [2.24, 2.45) is 16.7 Å². The zero-order chi connectivity index (χ0) is 16.2. The Labute approximate surface area is 126 Å². The van der Waals surface area contributed by atoms with Crippen molar-refractivity contribution in [2.75, 3.05) is 0 Å². The summed E-state index contributed by atoms with van der Waals surface area (Å²) < 4.78 is 45.0. The van der Waals surface area contributed by atoms with E-state index in [1.54, 1.807) is 0 Å². The van der Waals surface area contributed by atoms with Crippen LogP contribution in [0.1, 0.15) is 33.3 Å². The van der Waals surface area contributed by atoms with E-state index in [0.717, 1.165) is 0 Å². The SMILES string of the molecule is CC1(C)C(C(=O)OCc2c(F)c(F)cc(F)c2Cl)C1(C)C. The molecule has 2 nitrogen and oxygen atoms in total. The topological polar surface area (TPSA) is 26.3 Å². The summed E-state index contributed by atoms with van der Waals surface area (Å²) in [6, 6.07) is 0.357. The maximum Gasteiger partial charge on any atom is 0.310 e. The Kier molecular flexibility index (Phi) is 3.77. The molecule has 0 atom stereocenters. The molecule has 0 N–H and O–H groups in total. The van der Waals surface area contributed by atoms with Gasteiger partial charge in [-0.3, -0.25) is 4.79 Å². The van der Waals surface area contributed by atoms with Crippen molar-refractivity contribution in [3.8, 4) is 0 Å². The molecule has 21 heavy (non-hydrogen) atoms. The number of rotatable bonds is 3. The lowest BCUT2D eigenvalue weighted by atomic mass is 10.0. The zero-order valence-electron chi connectivity index (χ0n) is 12.2. The lowest BCUT2D eigenvalue weighted by molar-refractivity contribution is -0.148. The molecule has 1 aromatic carbocycles. The van der Waals surface area contributed by atoms with E-state index in [4.69, 9.17) is 16.3 Å².